The normalized spacial score (nSPS) is 20.8. The van der Waals surface area contributed by atoms with Crippen molar-refractivity contribution < 1.29 is 14.3 Å². The Balaban J connectivity index is 1.91. The summed E-state index contributed by atoms with van der Waals surface area (Å²) < 4.78 is 13.1. The first-order valence-electron chi connectivity index (χ1n) is 13.1. The molecule has 0 aromatic heterocycles. The Morgan fingerprint density at radius 2 is 1.52 bits per heavy atom. The molecule has 2 amide bonds. The van der Waals surface area contributed by atoms with Crippen LogP contribution in [0, 0.1) is 11.3 Å². The monoisotopic (exact) mass is 458 g/mol. The van der Waals surface area contributed by atoms with Gasteiger partial charge < -0.3 is 9.47 Å². The number of nitrogens with one attached hydrogen (secondary N) is 1. The number of nitrogens with zero attached hydrogens (tertiary/aromatic N) is 1. The van der Waals surface area contributed by atoms with Gasteiger partial charge in [0.1, 0.15) is 0 Å². The summed E-state index contributed by atoms with van der Waals surface area (Å²) in [7, 11) is 1.88. The predicted octanol–water partition coefficient (Wildman–Crippen LogP) is 7.17. The number of carbonyl (C=O) groups excluding carboxylic acids is 1. The Morgan fingerprint density at radius 1 is 1.00 bits per heavy atom. The van der Waals surface area contributed by atoms with Crippen LogP contribution in [0.5, 0.6) is 0 Å². The summed E-state index contributed by atoms with van der Waals surface area (Å²) in [5.74, 6) is -0.221. The maximum atomic E-state index is 13.8. The summed E-state index contributed by atoms with van der Waals surface area (Å²) in [5, 5.41) is 3.26. The maximum absolute atomic E-state index is 13.8. The summed E-state index contributed by atoms with van der Waals surface area (Å²) in [6, 6.07) is 6.22. The lowest BCUT2D eigenvalue weighted by molar-refractivity contribution is -0.340. The van der Waals surface area contributed by atoms with Crippen LogP contribution in [0.2, 0.25) is 0 Å². The van der Waals surface area contributed by atoms with Crippen LogP contribution in [0.3, 0.4) is 0 Å². The molecule has 1 aliphatic carbocycles. The molecule has 1 saturated heterocycles. The summed E-state index contributed by atoms with van der Waals surface area (Å²) in [6.45, 7) is 14.4. The Bertz CT molecular complexity index is 758. The number of ether oxygens (including phenoxy) is 2. The lowest BCUT2D eigenvalue weighted by Gasteiger charge is -2.50. The van der Waals surface area contributed by atoms with E-state index in [-0.39, 0.29) is 17.4 Å². The van der Waals surface area contributed by atoms with Gasteiger partial charge in [-0.3, -0.25) is 10.2 Å². The van der Waals surface area contributed by atoms with E-state index in [9.17, 15) is 4.79 Å². The van der Waals surface area contributed by atoms with Crippen molar-refractivity contribution in [3.63, 3.8) is 0 Å². The van der Waals surface area contributed by atoms with E-state index in [1.165, 1.54) is 17.5 Å². The Kier molecular flexibility index (Phi) is 8.50. The van der Waals surface area contributed by atoms with Crippen molar-refractivity contribution in [3.05, 3.63) is 29.3 Å². The molecule has 186 valence electrons. The van der Waals surface area contributed by atoms with Gasteiger partial charge in [-0.1, -0.05) is 79.0 Å². The van der Waals surface area contributed by atoms with Crippen LogP contribution in [-0.2, 0) is 9.47 Å². The Morgan fingerprint density at radius 3 is 1.97 bits per heavy atom. The SMILES string of the molecule is CCC1(CC)COC(NC(=O)N(C)c2c(C(C)C)cccc2C(C)C)(C2CCCCC2)OC1. The molecule has 0 radical (unpaired) electrons. The predicted molar refractivity (Wildman–Crippen MR) is 136 cm³/mol. The first kappa shape index (κ1) is 26.0. The molecule has 1 aliphatic heterocycles. The van der Waals surface area contributed by atoms with Crippen molar-refractivity contribution in [3.8, 4) is 0 Å². The minimum Gasteiger partial charge on any atom is -0.332 e. The molecule has 0 atom stereocenters. The number of amides is 2. The molecule has 0 bridgehead atoms. The highest BCUT2D eigenvalue weighted by Crippen LogP contribution is 2.42. The van der Waals surface area contributed by atoms with Crippen molar-refractivity contribution in [2.24, 2.45) is 11.3 Å². The van der Waals surface area contributed by atoms with Gasteiger partial charge in [0.2, 0.25) is 0 Å². The van der Waals surface area contributed by atoms with Gasteiger partial charge in [0.05, 0.1) is 18.9 Å². The molecule has 0 unspecified atom stereocenters. The van der Waals surface area contributed by atoms with E-state index >= 15 is 0 Å². The fourth-order valence-electron chi connectivity index (χ4n) is 5.39. The molecule has 0 spiro atoms. The second kappa shape index (κ2) is 10.8. The molecular formula is C28H46N2O3. The second-order valence-electron chi connectivity index (χ2n) is 10.9. The number of hydrogen-bond donors (Lipinski definition) is 1. The molecule has 1 aromatic rings. The molecule has 1 saturated carbocycles. The number of rotatable bonds is 7. The van der Waals surface area contributed by atoms with Crippen molar-refractivity contribution in [2.75, 3.05) is 25.2 Å². The highest BCUT2D eigenvalue weighted by Gasteiger charge is 2.50. The lowest BCUT2D eigenvalue weighted by Crippen LogP contribution is -2.65. The summed E-state index contributed by atoms with van der Waals surface area (Å²) >= 11 is 0. The Labute approximate surface area is 201 Å². The summed E-state index contributed by atoms with van der Waals surface area (Å²) in [5.41, 5.74) is 3.41. The molecule has 2 aliphatic rings. The van der Waals surface area contributed by atoms with Crippen molar-refractivity contribution >= 4 is 11.7 Å². The van der Waals surface area contributed by atoms with Crippen molar-refractivity contribution in [1.82, 2.24) is 5.32 Å². The fourth-order valence-corrected chi connectivity index (χ4v) is 5.39. The van der Waals surface area contributed by atoms with Crippen LogP contribution in [-0.4, -0.2) is 32.2 Å². The van der Waals surface area contributed by atoms with Gasteiger partial charge in [0.15, 0.2) is 0 Å². The number of benzene rings is 1. The van der Waals surface area contributed by atoms with Gasteiger partial charge in [0.25, 0.3) is 5.91 Å². The van der Waals surface area contributed by atoms with E-state index in [1.54, 1.807) is 4.90 Å². The molecule has 3 rings (SSSR count). The van der Waals surface area contributed by atoms with E-state index in [4.69, 9.17) is 9.47 Å². The van der Waals surface area contributed by atoms with Crippen LogP contribution in [0.1, 0.15) is 109 Å². The molecule has 1 heterocycles. The molecule has 5 nitrogen and oxygen atoms in total. The zero-order valence-electron chi connectivity index (χ0n) is 22.0. The average Bonchev–Trinajstić information content (AvgIpc) is 2.84. The third kappa shape index (κ3) is 5.40. The van der Waals surface area contributed by atoms with Crippen molar-refractivity contribution in [2.45, 2.75) is 104 Å². The van der Waals surface area contributed by atoms with E-state index in [1.807, 2.05) is 7.05 Å². The standard InChI is InChI=1S/C28H46N2O3/c1-8-27(9-2)18-32-28(33-19-27,22-14-11-10-12-15-22)29-26(31)30(7)25-23(20(3)4)16-13-17-24(25)21(5)6/h13,16-17,20-22H,8-12,14-15,18-19H2,1-7H3,(H,29,31). The zero-order valence-corrected chi connectivity index (χ0v) is 22.0. The van der Waals surface area contributed by atoms with Crippen LogP contribution in [0.4, 0.5) is 10.5 Å². The Hall–Kier alpha value is -1.59. The van der Waals surface area contributed by atoms with Crippen molar-refractivity contribution in [1.29, 1.82) is 0 Å². The summed E-state index contributed by atoms with van der Waals surface area (Å²) in [4.78, 5) is 15.5. The number of hydrogen-bond acceptors (Lipinski definition) is 3. The van der Waals surface area contributed by atoms with Crippen LogP contribution >= 0.6 is 0 Å². The minimum absolute atomic E-state index is 0.0316. The van der Waals surface area contributed by atoms with Gasteiger partial charge in [-0.2, -0.15) is 0 Å². The van der Waals surface area contributed by atoms with Gasteiger partial charge >= 0.3 is 6.03 Å². The van der Waals surface area contributed by atoms with Crippen LogP contribution in [0.25, 0.3) is 0 Å². The number of anilines is 1. The highest BCUT2D eigenvalue weighted by atomic mass is 16.7. The van der Waals surface area contributed by atoms with E-state index in [2.05, 4.69) is 65.1 Å². The molecule has 33 heavy (non-hydrogen) atoms. The highest BCUT2D eigenvalue weighted by molar-refractivity contribution is 5.93. The topological polar surface area (TPSA) is 50.8 Å². The van der Waals surface area contributed by atoms with E-state index in [0.29, 0.717) is 25.0 Å². The largest absolute Gasteiger partial charge is 0.332 e. The number of para-hydroxylation sites is 1. The van der Waals surface area contributed by atoms with E-state index < -0.39 is 5.91 Å². The molecule has 1 N–H and O–H groups in total. The van der Waals surface area contributed by atoms with Gasteiger partial charge in [-0.05, 0) is 48.6 Å². The third-order valence-corrected chi connectivity index (χ3v) is 8.09. The molecule has 2 fully saturated rings. The smallest absolute Gasteiger partial charge is 0.325 e. The maximum Gasteiger partial charge on any atom is 0.325 e. The van der Waals surface area contributed by atoms with Crippen LogP contribution in [0.15, 0.2) is 18.2 Å². The average molecular weight is 459 g/mol. The quantitative estimate of drug-likeness (QED) is 0.471. The molecule has 1 aromatic carbocycles. The second-order valence-corrected chi connectivity index (χ2v) is 10.9. The number of carbonyl (C=O) groups is 1. The first-order chi connectivity index (χ1) is 15.7. The number of urea groups is 1. The van der Waals surface area contributed by atoms with Gasteiger partial charge in [0, 0.05) is 18.4 Å². The van der Waals surface area contributed by atoms with Gasteiger partial charge in [-0.15, -0.1) is 0 Å². The lowest BCUT2D eigenvalue weighted by atomic mass is 9.81. The first-order valence-corrected chi connectivity index (χ1v) is 13.1. The summed E-state index contributed by atoms with van der Waals surface area (Å²) in [6.07, 6.45) is 7.63. The zero-order chi connectivity index (χ0) is 24.2. The minimum atomic E-state index is -1.04. The fraction of sp³-hybridized carbons (Fsp3) is 0.750. The van der Waals surface area contributed by atoms with E-state index in [0.717, 1.165) is 44.2 Å². The molecule has 5 heteroatoms. The van der Waals surface area contributed by atoms with Crippen LogP contribution < -0.4 is 10.2 Å². The molecular weight excluding hydrogens is 412 g/mol. The van der Waals surface area contributed by atoms with Gasteiger partial charge in [-0.25, -0.2) is 4.79 Å². The third-order valence-electron chi connectivity index (χ3n) is 8.09.